The van der Waals surface area contributed by atoms with E-state index in [2.05, 4.69) is 10.4 Å². The molecule has 40 heavy (non-hydrogen) atoms. The fourth-order valence-corrected chi connectivity index (χ4v) is 4.56. The van der Waals surface area contributed by atoms with Crippen molar-refractivity contribution in [2.24, 2.45) is 11.5 Å². The summed E-state index contributed by atoms with van der Waals surface area (Å²) in [6.45, 7) is -1.06. The summed E-state index contributed by atoms with van der Waals surface area (Å²) in [5.74, 6) is -2.83. The molecule has 0 saturated heterocycles. The van der Waals surface area contributed by atoms with Crippen molar-refractivity contribution < 1.29 is 33.2 Å². The number of halogens is 2. The number of benzene rings is 2. The predicted molar refractivity (Wildman–Crippen MR) is 137 cm³/mol. The first-order valence-corrected chi connectivity index (χ1v) is 12.2. The van der Waals surface area contributed by atoms with Crippen molar-refractivity contribution in [1.29, 1.82) is 0 Å². The molecule has 0 unspecified atom stereocenters. The zero-order valence-electron chi connectivity index (χ0n) is 20.7. The molecule has 2 aromatic carbocycles. The number of carbonyl (C=O) groups excluding carboxylic acids is 4. The van der Waals surface area contributed by atoms with Crippen LogP contribution in [0.5, 0.6) is 0 Å². The summed E-state index contributed by atoms with van der Waals surface area (Å²) in [7, 11) is 0. The monoisotopic (exact) mass is 575 g/mol. The number of nitrogens with two attached hydrogens (primary N) is 2. The molecule has 1 aromatic heterocycles. The fraction of sp³-hybridized carbons (Fsp3) is 0.292. The minimum absolute atomic E-state index is 0.0842. The van der Waals surface area contributed by atoms with Crippen LogP contribution in [-0.4, -0.2) is 62.1 Å². The molecular formula is C24H23ClFN7O7. The highest BCUT2D eigenvalue weighted by Gasteiger charge is 2.39. The molecule has 1 heterocycles. The zero-order chi connectivity index (χ0) is 29.1. The molecule has 5 N–H and O–H groups in total. The first-order valence-electron chi connectivity index (χ1n) is 11.8. The quantitative estimate of drug-likeness (QED) is 0.238. The largest absolute Gasteiger partial charge is 0.446 e. The van der Waals surface area contributed by atoms with Crippen molar-refractivity contribution in [2.75, 3.05) is 6.54 Å². The highest BCUT2D eigenvalue weighted by Crippen LogP contribution is 2.29. The lowest BCUT2D eigenvalue weighted by Crippen LogP contribution is -2.54. The third-order valence-electron chi connectivity index (χ3n) is 6.40. The summed E-state index contributed by atoms with van der Waals surface area (Å²) in [6, 6.07) is 7.48. The minimum Gasteiger partial charge on any atom is -0.446 e. The van der Waals surface area contributed by atoms with Gasteiger partial charge in [0.05, 0.1) is 22.0 Å². The summed E-state index contributed by atoms with van der Waals surface area (Å²) >= 11 is 5.78. The van der Waals surface area contributed by atoms with Gasteiger partial charge >= 0.3 is 6.09 Å². The molecule has 4 rings (SSSR count). The van der Waals surface area contributed by atoms with Gasteiger partial charge in [0.1, 0.15) is 18.5 Å². The molecule has 1 aliphatic rings. The molecule has 0 radical (unpaired) electrons. The van der Waals surface area contributed by atoms with Gasteiger partial charge in [0.2, 0.25) is 11.8 Å². The number of nitrogens with zero attached hydrogens (tertiary/aromatic N) is 4. The number of carbonyl (C=O) groups is 4. The summed E-state index contributed by atoms with van der Waals surface area (Å²) < 4.78 is 20.3. The van der Waals surface area contributed by atoms with Crippen LogP contribution in [0.3, 0.4) is 0 Å². The van der Waals surface area contributed by atoms with E-state index in [1.807, 2.05) is 0 Å². The smallest absolute Gasteiger partial charge is 0.404 e. The Morgan fingerprint density at radius 2 is 1.95 bits per heavy atom. The second-order valence-corrected chi connectivity index (χ2v) is 9.43. The molecule has 210 valence electrons. The lowest BCUT2D eigenvalue weighted by atomic mass is 9.87. The van der Waals surface area contributed by atoms with Gasteiger partial charge in [-0.1, -0.05) is 23.7 Å². The molecule has 0 aliphatic heterocycles. The normalized spacial score (nSPS) is 16.1. The zero-order valence-corrected chi connectivity index (χ0v) is 21.5. The third kappa shape index (κ3) is 6.09. The van der Waals surface area contributed by atoms with E-state index in [0.29, 0.717) is 0 Å². The molecule has 0 spiro atoms. The van der Waals surface area contributed by atoms with Gasteiger partial charge in [-0.15, -0.1) is 0 Å². The molecule has 0 atom stereocenters. The lowest BCUT2D eigenvalue weighted by Gasteiger charge is -2.41. The number of nitro groups is 1. The maximum atomic E-state index is 14.2. The van der Waals surface area contributed by atoms with Crippen molar-refractivity contribution in [2.45, 2.75) is 38.1 Å². The molecule has 16 heteroatoms. The van der Waals surface area contributed by atoms with Crippen molar-refractivity contribution >= 4 is 52.0 Å². The minimum atomic E-state index is -0.973. The van der Waals surface area contributed by atoms with E-state index in [4.69, 9.17) is 27.8 Å². The van der Waals surface area contributed by atoms with Gasteiger partial charge in [0, 0.05) is 48.5 Å². The van der Waals surface area contributed by atoms with E-state index >= 15 is 0 Å². The van der Waals surface area contributed by atoms with Gasteiger partial charge in [-0.25, -0.2) is 9.18 Å². The maximum Gasteiger partial charge on any atom is 0.404 e. The summed E-state index contributed by atoms with van der Waals surface area (Å²) in [5, 5.41) is 17.8. The summed E-state index contributed by atoms with van der Waals surface area (Å²) in [5.41, 5.74) is 10.3. The Labute approximate surface area is 230 Å². The Morgan fingerprint density at radius 3 is 2.60 bits per heavy atom. The van der Waals surface area contributed by atoms with E-state index < -0.39 is 59.8 Å². The lowest BCUT2D eigenvalue weighted by molar-refractivity contribution is -0.384. The number of amides is 4. The van der Waals surface area contributed by atoms with E-state index in [-0.39, 0.29) is 52.3 Å². The van der Waals surface area contributed by atoms with Crippen LogP contribution in [0, 0.1) is 15.9 Å². The Morgan fingerprint density at radius 1 is 1.23 bits per heavy atom. The maximum absolute atomic E-state index is 14.2. The average molecular weight is 576 g/mol. The van der Waals surface area contributed by atoms with E-state index in [1.54, 1.807) is 0 Å². The van der Waals surface area contributed by atoms with Crippen molar-refractivity contribution in [3.05, 3.63) is 68.6 Å². The highest BCUT2D eigenvalue weighted by atomic mass is 35.5. The van der Waals surface area contributed by atoms with Crippen LogP contribution < -0.4 is 16.8 Å². The van der Waals surface area contributed by atoms with Crippen molar-refractivity contribution in [1.82, 2.24) is 20.0 Å². The van der Waals surface area contributed by atoms with E-state index in [1.165, 1.54) is 35.2 Å². The average Bonchev–Trinajstić information content (AvgIpc) is 3.23. The fourth-order valence-electron chi connectivity index (χ4n) is 4.37. The first-order chi connectivity index (χ1) is 18.9. The number of ether oxygens (including phenoxy) is 1. The number of non-ortho nitro benzene ring substituents is 1. The second kappa shape index (κ2) is 11.5. The van der Waals surface area contributed by atoms with Crippen LogP contribution in [-0.2, 0) is 27.4 Å². The van der Waals surface area contributed by atoms with Crippen LogP contribution >= 0.6 is 11.6 Å². The van der Waals surface area contributed by atoms with Gasteiger partial charge < -0.3 is 26.4 Å². The first kappa shape index (κ1) is 28.2. The third-order valence-corrected chi connectivity index (χ3v) is 6.69. The van der Waals surface area contributed by atoms with Crippen LogP contribution in [0.2, 0.25) is 5.02 Å². The van der Waals surface area contributed by atoms with Crippen LogP contribution in [0.1, 0.15) is 28.9 Å². The number of aromatic nitrogens is 2. The topological polar surface area (TPSA) is 206 Å². The van der Waals surface area contributed by atoms with Gasteiger partial charge in [-0.2, -0.15) is 5.10 Å². The van der Waals surface area contributed by atoms with Crippen molar-refractivity contribution in [3.63, 3.8) is 0 Å². The molecule has 1 fully saturated rings. The number of fused-ring (bicyclic) bond motifs is 1. The highest BCUT2D eigenvalue weighted by molar-refractivity contribution is 6.30. The van der Waals surface area contributed by atoms with Crippen LogP contribution in [0.15, 0.2) is 36.4 Å². The van der Waals surface area contributed by atoms with Crippen LogP contribution in [0.25, 0.3) is 10.9 Å². The number of primary amides is 2. The molecule has 3 aromatic rings. The van der Waals surface area contributed by atoms with E-state index in [0.717, 1.165) is 10.7 Å². The van der Waals surface area contributed by atoms with Crippen molar-refractivity contribution in [3.8, 4) is 0 Å². The Kier molecular flexibility index (Phi) is 8.13. The van der Waals surface area contributed by atoms with Gasteiger partial charge in [0.25, 0.3) is 11.6 Å². The molecule has 14 nitrogen and oxygen atoms in total. The molecule has 4 amide bonds. The Hall–Kier alpha value is -4.79. The van der Waals surface area contributed by atoms with E-state index in [9.17, 15) is 33.7 Å². The molecule has 1 saturated carbocycles. The standard InChI is InChI=1S/C24H23ClFN7O7/c25-17-3-1-2-12(21(17)26)9-29-19(34)10-31(14-6-15(7-14)40-24(28)37)20(35)11-32-18-5-4-13(33(38)39)8-16(18)22(30-32)23(27)36/h1-5,8,14-15H,6-7,9-11H2,(H2,27,36)(H2,28,37)(H,29,34). The Balaban J connectivity index is 1.54. The number of nitro benzene ring substituents is 1. The second-order valence-electron chi connectivity index (χ2n) is 9.02. The number of nitrogens with one attached hydrogen (secondary N) is 1. The summed E-state index contributed by atoms with van der Waals surface area (Å²) in [6.07, 6.45) is -1.10. The SMILES string of the molecule is NC(=O)OC1CC(N(CC(=O)NCc2cccc(Cl)c2F)C(=O)Cn2nc(C(N)=O)c3cc([N+](=O)[O-])ccc32)C1. The molecular weight excluding hydrogens is 553 g/mol. The predicted octanol–water partition coefficient (Wildman–Crippen LogP) is 1.61. The Bertz CT molecular complexity index is 1520. The van der Waals surface area contributed by atoms with Gasteiger partial charge in [0.15, 0.2) is 5.69 Å². The van der Waals surface area contributed by atoms with Crippen LogP contribution in [0.4, 0.5) is 14.9 Å². The number of rotatable bonds is 10. The van der Waals surface area contributed by atoms with Gasteiger partial charge in [-0.05, 0) is 12.1 Å². The number of hydrogen-bond acceptors (Lipinski definition) is 8. The summed E-state index contributed by atoms with van der Waals surface area (Å²) in [4.78, 5) is 61.0. The molecule has 1 aliphatic carbocycles. The van der Waals surface area contributed by atoms with Gasteiger partial charge in [-0.3, -0.25) is 29.2 Å². The number of hydrogen-bond donors (Lipinski definition) is 3. The molecule has 0 bridgehead atoms.